The van der Waals surface area contributed by atoms with Gasteiger partial charge in [0.25, 0.3) is 5.91 Å². The van der Waals surface area contributed by atoms with Gasteiger partial charge >= 0.3 is 0 Å². The Morgan fingerprint density at radius 3 is 2.31 bits per heavy atom. The van der Waals surface area contributed by atoms with Crippen molar-refractivity contribution in [3.63, 3.8) is 0 Å². The highest BCUT2D eigenvalue weighted by Gasteiger charge is 2.23. The SMILES string of the molecule is O=C(c1cncc(F)c1)N1CCN(c2ccc(-n3cccc3)nn2)CC1. The van der Waals surface area contributed by atoms with Crippen molar-refractivity contribution in [2.24, 2.45) is 0 Å². The van der Waals surface area contributed by atoms with Gasteiger partial charge in [0.1, 0.15) is 5.82 Å². The summed E-state index contributed by atoms with van der Waals surface area (Å²) in [4.78, 5) is 20.0. The number of piperazine rings is 1. The molecule has 132 valence electrons. The summed E-state index contributed by atoms with van der Waals surface area (Å²) >= 11 is 0. The van der Waals surface area contributed by atoms with Crippen LogP contribution in [0.1, 0.15) is 10.4 Å². The van der Waals surface area contributed by atoms with E-state index in [1.54, 1.807) is 4.90 Å². The van der Waals surface area contributed by atoms with Gasteiger partial charge in [0.15, 0.2) is 11.6 Å². The molecule has 0 radical (unpaired) electrons. The number of halogens is 1. The molecule has 3 aromatic rings. The average Bonchev–Trinajstić information content (AvgIpc) is 3.23. The molecule has 1 saturated heterocycles. The summed E-state index contributed by atoms with van der Waals surface area (Å²) in [6.45, 7) is 2.37. The minimum Gasteiger partial charge on any atom is -0.352 e. The van der Waals surface area contributed by atoms with E-state index in [4.69, 9.17) is 0 Å². The number of rotatable bonds is 3. The van der Waals surface area contributed by atoms with Crippen LogP contribution in [0.4, 0.5) is 10.2 Å². The van der Waals surface area contributed by atoms with Crippen LogP contribution in [0.25, 0.3) is 5.82 Å². The summed E-state index contributed by atoms with van der Waals surface area (Å²) in [7, 11) is 0. The second-order valence-corrected chi connectivity index (χ2v) is 6.01. The Balaban J connectivity index is 1.39. The quantitative estimate of drug-likeness (QED) is 0.719. The number of nitrogens with zero attached hydrogens (tertiary/aromatic N) is 6. The molecule has 0 unspecified atom stereocenters. The van der Waals surface area contributed by atoms with Crippen molar-refractivity contribution in [2.75, 3.05) is 31.1 Å². The first-order valence-electron chi connectivity index (χ1n) is 8.32. The molecular formula is C18H17FN6O. The van der Waals surface area contributed by atoms with Crippen LogP contribution >= 0.6 is 0 Å². The predicted molar refractivity (Wildman–Crippen MR) is 93.7 cm³/mol. The van der Waals surface area contributed by atoms with Crippen molar-refractivity contribution in [1.29, 1.82) is 0 Å². The molecule has 4 rings (SSSR count). The molecule has 0 aromatic carbocycles. The standard InChI is InChI=1S/C18H17FN6O/c19-15-11-14(12-20-13-15)18(26)25-9-7-24(8-10-25)17-4-3-16(21-22-17)23-5-1-2-6-23/h1-6,11-13H,7-10H2. The summed E-state index contributed by atoms with van der Waals surface area (Å²) < 4.78 is 15.1. The zero-order chi connectivity index (χ0) is 17.9. The largest absolute Gasteiger partial charge is 0.352 e. The van der Waals surface area contributed by atoms with Crippen molar-refractivity contribution in [2.45, 2.75) is 0 Å². The van der Waals surface area contributed by atoms with E-state index in [0.29, 0.717) is 26.2 Å². The van der Waals surface area contributed by atoms with Crippen LogP contribution in [0, 0.1) is 5.82 Å². The fraction of sp³-hybridized carbons (Fsp3) is 0.222. The Kier molecular flexibility index (Phi) is 4.30. The van der Waals surface area contributed by atoms with E-state index in [0.717, 1.165) is 17.8 Å². The highest BCUT2D eigenvalue weighted by molar-refractivity contribution is 5.94. The molecule has 0 atom stereocenters. The second kappa shape index (κ2) is 6.91. The minimum absolute atomic E-state index is 0.203. The molecule has 0 N–H and O–H groups in total. The molecule has 26 heavy (non-hydrogen) atoms. The van der Waals surface area contributed by atoms with Gasteiger partial charge in [-0.3, -0.25) is 9.78 Å². The number of pyridine rings is 1. The average molecular weight is 352 g/mol. The molecule has 1 amide bonds. The van der Waals surface area contributed by atoms with Crippen LogP contribution in [-0.4, -0.2) is 56.7 Å². The van der Waals surface area contributed by atoms with Gasteiger partial charge in [0, 0.05) is 44.8 Å². The van der Waals surface area contributed by atoms with E-state index in [9.17, 15) is 9.18 Å². The van der Waals surface area contributed by atoms with Gasteiger partial charge in [0.05, 0.1) is 11.8 Å². The van der Waals surface area contributed by atoms with Gasteiger partial charge in [-0.25, -0.2) is 4.39 Å². The van der Waals surface area contributed by atoms with E-state index in [-0.39, 0.29) is 11.5 Å². The number of hydrogen-bond donors (Lipinski definition) is 0. The van der Waals surface area contributed by atoms with Gasteiger partial charge in [-0.15, -0.1) is 10.2 Å². The molecule has 4 heterocycles. The molecular weight excluding hydrogens is 335 g/mol. The lowest BCUT2D eigenvalue weighted by molar-refractivity contribution is 0.0745. The van der Waals surface area contributed by atoms with Gasteiger partial charge in [0.2, 0.25) is 0 Å². The Hall–Kier alpha value is -3.29. The van der Waals surface area contributed by atoms with Crippen molar-refractivity contribution in [3.8, 4) is 5.82 Å². The van der Waals surface area contributed by atoms with E-state index in [1.807, 2.05) is 41.2 Å². The summed E-state index contributed by atoms with van der Waals surface area (Å²) in [5, 5.41) is 8.54. The van der Waals surface area contributed by atoms with Crippen LogP contribution in [-0.2, 0) is 0 Å². The van der Waals surface area contributed by atoms with Crippen molar-refractivity contribution in [1.82, 2.24) is 24.6 Å². The monoisotopic (exact) mass is 352 g/mol. The maximum Gasteiger partial charge on any atom is 0.255 e. The molecule has 7 nitrogen and oxygen atoms in total. The van der Waals surface area contributed by atoms with Crippen LogP contribution < -0.4 is 4.90 Å². The normalized spacial score (nSPS) is 14.5. The molecule has 0 saturated carbocycles. The van der Waals surface area contributed by atoms with Crippen molar-refractivity contribution >= 4 is 11.7 Å². The second-order valence-electron chi connectivity index (χ2n) is 6.01. The molecule has 8 heteroatoms. The van der Waals surface area contributed by atoms with Crippen LogP contribution in [0.5, 0.6) is 0 Å². The molecule has 3 aromatic heterocycles. The number of carbonyl (C=O) groups is 1. The van der Waals surface area contributed by atoms with Crippen molar-refractivity contribution < 1.29 is 9.18 Å². The van der Waals surface area contributed by atoms with Crippen LogP contribution in [0.15, 0.2) is 55.1 Å². The van der Waals surface area contributed by atoms with E-state index < -0.39 is 5.82 Å². The fourth-order valence-corrected chi connectivity index (χ4v) is 2.96. The highest BCUT2D eigenvalue weighted by atomic mass is 19.1. The topological polar surface area (TPSA) is 67.2 Å². The minimum atomic E-state index is -0.507. The van der Waals surface area contributed by atoms with E-state index in [1.165, 1.54) is 12.3 Å². The zero-order valence-corrected chi connectivity index (χ0v) is 14.0. The molecule has 1 aliphatic rings. The number of anilines is 1. The number of aromatic nitrogens is 4. The zero-order valence-electron chi connectivity index (χ0n) is 14.0. The first-order valence-corrected chi connectivity index (χ1v) is 8.32. The van der Waals surface area contributed by atoms with Gasteiger partial charge in [-0.2, -0.15) is 0 Å². The third-order valence-electron chi connectivity index (χ3n) is 4.35. The summed E-state index contributed by atoms with van der Waals surface area (Å²) in [5.74, 6) is 0.824. The van der Waals surface area contributed by atoms with Crippen LogP contribution in [0.3, 0.4) is 0 Å². The summed E-state index contributed by atoms with van der Waals surface area (Å²) in [5.41, 5.74) is 0.273. The number of hydrogen-bond acceptors (Lipinski definition) is 5. The lowest BCUT2D eigenvalue weighted by Crippen LogP contribution is -2.49. The fourth-order valence-electron chi connectivity index (χ4n) is 2.96. The molecule has 1 fully saturated rings. The maximum absolute atomic E-state index is 13.3. The van der Waals surface area contributed by atoms with E-state index in [2.05, 4.69) is 20.1 Å². The first kappa shape index (κ1) is 16.2. The summed E-state index contributed by atoms with van der Waals surface area (Å²) in [6.07, 6.45) is 6.30. The van der Waals surface area contributed by atoms with Gasteiger partial charge < -0.3 is 14.4 Å². The van der Waals surface area contributed by atoms with Gasteiger partial charge in [-0.05, 0) is 30.3 Å². The smallest absolute Gasteiger partial charge is 0.255 e. The molecule has 1 aliphatic heterocycles. The Labute approximate surface area is 149 Å². The first-order chi connectivity index (χ1) is 12.7. The number of amides is 1. The Morgan fingerprint density at radius 2 is 1.65 bits per heavy atom. The third-order valence-corrected chi connectivity index (χ3v) is 4.35. The summed E-state index contributed by atoms with van der Waals surface area (Å²) in [6, 6.07) is 8.92. The predicted octanol–water partition coefficient (Wildman–Crippen LogP) is 1.76. The number of carbonyl (C=O) groups excluding carboxylic acids is 1. The Morgan fingerprint density at radius 1 is 0.962 bits per heavy atom. The molecule has 0 bridgehead atoms. The lowest BCUT2D eigenvalue weighted by atomic mass is 10.2. The third kappa shape index (κ3) is 3.26. The van der Waals surface area contributed by atoms with Crippen molar-refractivity contribution in [3.05, 3.63) is 66.5 Å². The Bertz CT molecular complexity index is 888. The maximum atomic E-state index is 13.3. The molecule has 0 spiro atoms. The van der Waals surface area contributed by atoms with Crippen LogP contribution in [0.2, 0.25) is 0 Å². The van der Waals surface area contributed by atoms with Gasteiger partial charge in [-0.1, -0.05) is 0 Å². The highest BCUT2D eigenvalue weighted by Crippen LogP contribution is 2.16. The van der Waals surface area contributed by atoms with E-state index >= 15 is 0 Å². The molecule has 0 aliphatic carbocycles. The lowest BCUT2D eigenvalue weighted by Gasteiger charge is -2.35.